The van der Waals surface area contributed by atoms with E-state index in [0.717, 1.165) is 12.8 Å². The van der Waals surface area contributed by atoms with E-state index in [-0.39, 0.29) is 30.4 Å². The Bertz CT molecular complexity index is 981. The smallest absolute Gasteiger partial charge is 0.313 e. The fraction of sp³-hybridized carbons (Fsp3) is 0.750. The van der Waals surface area contributed by atoms with Crippen LogP contribution in [0.5, 0.6) is 0 Å². The number of aliphatic hydroxyl groups is 1. The molecule has 1 N–H and O–H groups in total. The molecule has 0 aromatic carbocycles. The maximum absolute atomic E-state index is 14.5. The third kappa shape index (κ3) is 4.20. The monoisotopic (exact) mass is 502 g/mol. The minimum Gasteiger partial charge on any atom is -0.465 e. The fourth-order valence-electron chi connectivity index (χ4n) is 7.07. The Balaban J connectivity index is 1.87. The first kappa shape index (κ1) is 26.9. The molecule has 200 valence electrons. The summed E-state index contributed by atoms with van der Waals surface area (Å²) in [5.41, 5.74) is -2.97. The van der Waals surface area contributed by atoms with Crippen LogP contribution in [0.15, 0.2) is 24.3 Å². The van der Waals surface area contributed by atoms with Crippen molar-refractivity contribution >= 4 is 17.8 Å². The Hall–Kier alpha value is -2.19. The van der Waals surface area contributed by atoms with E-state index in [2.05, 4.69) is 20.8 Å². The van der Waals surface area contributed by atoms with Crippen LogP contribution in [0.4, 0.5) is 0 Å². The van der Waals surface area contributed by atoms with E-state index in [0.29, 0.717) is 13.0 Å². The van der Waals surface area contributed by atoms with Crippen LogP contribution >= 0.6 is 0 Å². The van der Waals surface area contributed by atoms with Gasteiger partial charge in [-0.05, 0) is 52.4 Å². The van der Waals surface area contributed by atoms with E-state index in [1.165, 1.54) is 4.90 Å². The van der Waals surface area contributed by atoms with Crippen molar-refractivity contribution in [2.45, 2.75) is 96.6 Å². The lowest BCUT2D eigenvalue weighted by Gasteiger charge is -2.45. The van der Waals surface area contributed by atoms with Crippen LogP contribution in [0.1, 0.15) is 67.7 Å². The summed E-state index contributed by atoms with van der Waals surface area (Å²) in [6.07, 6.45) is 9.75. The molecule has 0 aliphatic carbocycles. The number of esters is 1. The van der Waals surface area contributed by atoms with Gasteiger partial charge in [-0.1, -0.05) is 45.1 Å². The highest BCUT2D eigenvalue weighted by Gasteiger charge is 2.75. The zero-order chi connectivity index (χ0) is 26.7. The molecule has 8 heteroatoms. The van der Waals surface area contributed by atoms with Gasteiger partial charge >= 0.3 is 5.97 Å². The number of fused-ring (bicyclic) bond motifs is 2. The van der Waals surface area contributed by atoms with Gasteiger partial charge in [0, 0.05) is 12.1 Å². The number of rotatable bonds is 4. The molecule has 36 heavy (non-hydrogen) atoms. The minimum atomic E-state index is -1.34. The van der Waals surface area contributed by atoms with Crippen LogP contribution in [0.25, 0.3) is 0 Å². The molecule has 4 heterocycles. The lowest BCUT2D eigenvalue weighted by atomic mass is 9.74. The number of hydrogen-bond donors (Lipinski definition) is 1. The van der Waals surface area contributed by atoms with Gasteiger partial charge < -0.3 is 24.4 Å². The number of hydrogen-bond acceptors (Lipinski definition) is 6. The molecule has 4 rings (SSSR count). The van der Waals surface area contributed by atoms with Crippen molar-refractivity contribution in [3.8, 4) is 0 Å². The summed E-state index contributed by atoms with van der Waals surface area (Å²) >= 11 is 0. The van der Waals surface area contributed by atoms with E-state index in [4.69, 9.17) is 9.47 Å². The molecular weight excluding hydrogens is 460 g/mol. The van der Waals surface area contributed by atoms with Gasteiger partial charge in [0.2, 0.25) is 11.8 Å². The van der Waals surface area contributed by atoms with Gasteiger partial charge in [-0.15, -0.1) is 0 Å². The highest BCUT2D eigenvalue weighted by molar-refractivity contribution is 5.99. The molecule has 6 atom stereocenters. The molecule has 1 unspecified atom stereocenters. The summed E-state index contributed by atoms with van der Waals surface area (Å²) in [7, 11) is 0. The van der Waals surface area contributed by atoms with Crippen molar-refractivity contribution in [2.24, 2.45) is 17.3 Å². The first-order chi connectivity index (χ1) is 16.7. The summed E-state index contributed by atoms with van der Waals surface area (Å²) in [4.78, 5) is 45.2. The number of cyclic esters (lactones) is 1. The van der Waals surface area contributed by atoms with E-state index in [1.54, 1.807) is 6.92 Å². The van der Waals surface area contributed by atoms with Gasteiger partial charge in [-0.3, -0.25) is 14.4 Å². The van der Waals surface area contributed by atoms with Crippen LogP contribution in [0, 0.1) is 17.3 Å². The van der Waals surface area contributed by atoms with Crippen molar-refractivity contribution in [3.05, 3.63) is 24.3 Å². The number of likely N-dealkylation sites (tertiary alicyclic amines) is 1. The molecule has 1 spiro atoms. The summed E-state index contributed by atoms with van der Waals surface area (Å²) in [5, 5.41) is 10.1. The number of allylic oxidation sites excluding steroid dienone is 1. The van der Waals surface area contributed by atoms with Gasteiger partial charge in [0.25, 0.3) is 0 Å². The van der Waals surface area contributed by atoms with E-state index in [9.17, 15) is 19.5 Å². The van der Waals surface area contributed by atoms with E-state index < -0.39 is 46.6 Å². The first-order valence-electron chi connectivity index (χ1n) is 13.2. The van der Waals surface area contributed by atoms with Crippen molar-refractivity contribution < 1.29 is 29.0 Å². The number of carbonyl (C=O) groups excluding carboxylic acids is 3. The van der Waals surface area contributed by atoms with E-state index >= 15 is 0 Å². The maximum Gasteiger partial charge on any atom is 0.313 e. The van der Waals surface area contributed by atoms with Gasteiger partial charge in [0.15, 0.2) is 0 Å². The predicted octanol–water partition coefficient (Wildman–Crippen LogP) is 2.84. The summed E-state index contributed by atoms with van der Waals surface area (Å²) in [6.45, 7) is 14.4. The molecule has 2 amide bonds. The Morgan fingerprint density at radius 2 is 1.78 bits per heavy atom. The first-order valence-corrected chi connectivity index (χ1v) is 13.2. The molecule has 8 nitrogen and oxygen atoms in total. The molecule has 0 saturated carbocycles. The van der Waals surface area contributed by atoms with Crippen molar-refractivity contribution in [1.29, 1.82) is 0 Å². The topological polar surface area (TPSA) is 96.4 Å². The SMILES string of the molecule is C[C@H](CO)N1C(=O)[C@@H]2[C@H]3C(=O)OCCC/C=C\[C@@]3(C)O[C@@]23C=CCN(C(C)(C)CC(C)(C)C)C(=O)C13. The number of ether oxygens (including phenoxy) is 2. The average Bonchev–Trinajstić information content (AvgIpc) is 3.11. The summed E-state index contributed by atoms with van der Waals surface area (Å²) < 4.78 is 12.4. The van der Waals surface area contributed by atoms with Crippen LogP contribution < -0.4 is 0 Å². The molecule has 4 aliphatic heterocycles. The normalized spacial score (nSPS) is 36.8. The standard InChI is InChI=1S/C28H42N2O6/c1-18(16-31)30-21-23(33)29(26(5,6)17-25(2,3)4)14-11-13-28(21)19(22(30)32)20-24(34)35-15-10-8-9-12-27(20,7)36-28/h9,11-13,18-21,31H,8,10,14-17H2,1-7H3/b12-9-/t18-,19+,20+,21?,27-,28+/m1/s1. The lowest BCUT2D eigenvalue weighted by Crippen LogP contribution is -2.61. The van der Waals surface area contributed by atoms with Crippen LogP contribution in [-0.4, -0.2) is 81.3 Å². The second-order valence-corrected chi connectivity index (χ2v) is 12.9. The molecule has 0 radical (unpaired) electrons. The number of carbonyl (C=O) groups is 3. The molecule has 2 fully saturated rings. The van der Waals surface area contributed by atoms with Gasteiger partial charge in [-0.25, -0.2) is 0 Å². The zero-order valence-electron chi connectivity index (χ0n) is 22.7. The largest absolute Gasteiger partial charge is 0.465 e. The van der Waals surface area contributed by atoms with Gasteiger partial charge in [0.1, 0.15) is 17.6 Å². The summed E-state index contributed by atoms with van der Waals surface area (Å²) in [5.74, 6) is -2.88. The highest BCUT2D eigenvalue weighted by Crippen LogP contribution is 2.57. The molecular formula is C28H42N2O6. The average molecular weight is 503 g/mol. The fourth-order valence-corrected chi connectivity index (χ4v) is 7.07. The van der Waals surface area contributed by atoms with Crippen molar-refractivity contribution in [1.82, 2.24) is 9.80 Å². The molecule has 0 aromatic heterocycles. The van der Waals surface area contributed by atoms with Gasteiger partial charge in [0.05, 0.1) is 30.8 Å². The van der Waals surface area contributed by atoms with Crippen LogP contribution in [-0.2, 0) is 23.9 Å². The lowest BCUT2D eigenvalue weighted by molar-refractivity contribution is -0.162. The van der Waals surface area contributed by atoms with Gasteiger partial charge in [-0.2, -0.15) is 0 Å². The Labute approximate surface area is 214 Å². The Morgan fingerprint density at radius 1 is 1.08 bits per heavy atom. The van der Waals surface area contributed by atoms with Crippen molar-refractivity contribution in [2.75, 3.05) is 19.8 Å². The summed E-state index contributed by atoms with van der Waals surface area (Å²) in [6, 6.07) is -1.62. The predicted molar refractivity (Wildman–Crippen MR) is 135 cm³/mol. The second kappa shape index (κ2) is 8.98. The van der Waals surface area contributed by atoms with Crippen LogP contribution in [0.2, 0.25) is 0 Å². The molecule has 0 bridgehead atoms. The zero-order valence-corrected chi connectivity index (χ0v) is 22.7. The maximum atomic E-state index is 14.5. The number of nitrogens with zero attached hydrogens (tertiary/aromatic N) is 2. The number of aliphatic hydroxyl groups excluding tert-OH is 1. The minimum absolute atomic E-state index is 0.0283. The highest BCUT2D eigenvalue weighted by atomic mass is 16.6. The Morgan fingerprint density at radius 3 is 2.42 bits per heavy atom. The molecule has 2 saturated heterocycles. The third-order valence-corrected chi connectivity index (χ3v) is 8.12. The quantitative estimate of drug-likeness (QED) is 0.469. The van der Waals surface area contributed by atoms with Crippen molar-refractivity contribution in [3.63, 3.8) is 0 Å². The second-order valence-electron chi connectivity index (χ2n) is 12.9. The molecule has 0 aromatic rings. The Kier molecular flexibility index (Phi) is 6.70. The molecule has 4 aliphatic rings. The van der Waals surface area contributed by atoms with E-state index in [1.807, 2.05) is 50.0 Å². The number of amides is 2. The van der Waals surface area contributed by atoms with Crippen LogP contribution in [0.3, 0.4) is 0 Å². The third-order valence-electron chi connectivity index (χ3n) is 8.12.